The van der Waals surface area contributed by atoms with E-state index in [-0.39, 0.29) is 0 Å². The summed E-state index contributed by atoms with van der Waals surface area (Å²) in [6.07, 6.45) is 0. The molecule has 1 heterocycles. The van der Waals surface area contributed by atoms with E-state index in [1.165, 1.54) is 76.4 Å². The van der Waals surface area contributed by atoms with Crippen molar-refractivity contribution in [2.24, 2.45) is 0 Å². The molecule has 0 aliphatic carbocycles. The highest BCUT2D eigenvalue weighted by molar-refractivity contribution is 6.23. The van der Waals surface area contributed by atoms with Crippen molar-refractivity contribution in [3.05, 3.63) is 218 Å². The van der Waals surface area contributed by atoms with Crippen LogP contribution in [0.1, 0.15) is 0 Å². The molecule has 0 amide bonds. The molecule has 11 rings (SSSR count). The fourth-order valence-electron chi connectivity index (χ4n) is 8.74. The molecule has 0 aliphatic rings. The van der Waals surface area contributed by atoms with Gasteiger partial charge in [0.05, 0.1) is 11.0 Å². The summed E-state index contributed by atoms with van der Waals surface area (Å²) >= 11 is 0. The van der Waals surface area contributed by atoms with Crippen molar-refractivity contribution in [1.82, 2.24) is 4.57 Å². The van der Waals surface area contributed by atoms with Crippen molar-refractivity contribution in [3.8, 4) is 27.9 Å². The third-order valence-electron chi connectivity index (χ3n) is 11.3. The van der Waals surface area contributed by atoms with E-state index >= 15 is 0 Å². The van der Waals surface area contributed by atoms with Crippen LogP contribution in [0.2, 0.25) is 0 Å². The number of para-hydroxylation sites is 2. The van der Waals surface area contributed by atoms with E-state index in [1.54, 1.807) is 0 Å². The molecular weight excluding hydrogens is 677 g/mol. The minimum atomic E-state index is 1.10. The SMILES string of the molecule is c1ccc(-c2ccc(N(c3ccc(-c4cc5ccc6ccccc6c5c5ccccc45)cc3)c3ccc4c5ccccc5n(-c5ccccc5)c4c3)cc2)cc1. The topological polar surface area (TPSA) is 8.17 Å². The van der Waals surface area contributed by atoms with Crippen LogP contribution in [0.4, 0.5) is 17.1 Å². The van der Waals surface area contributed by atoms with Crippen molar-refractivity contribution >= 4 is 71.2 Å². The molecule has 2 heteroatoms. The maximum atomic E-state index is 2.39. The summed E-state index contributed by atoms with van der Waals surface area (Å²) in [4.78, 5) is 2.38. The first kappa shape index (κ1) is 32.0. The standard InChI is InChI=1S/C54H36N2/c1-3-13-37(14-4-1)38-25-29-43(30-26-38)55(45-33-34-49-48-20-11-12-22-52(48)56(53(49)36-45)42-16-5-2-6-17-42)44-31-27-40(28-32-44)51-35-41-24-23-39-15-7-8-18-46(39)54(41)50-21-10-9-19-47(50)51/h1-36H. The van der Waals surface area contributed by atoms with Crippen molar-refractivity contribution in [2.45, 2.75) is 0 Å². The van der Waals surface area contributed by atoms with E-state index < -0.39 is 0 Å². The van der Waals surface area contributed by atoms with E-state index in [0.29, 0.717) is 0 Å². The highest BCUT2D eigenvalue weighted by Gasteiger charge is 2.19. The van der Waals surface area contributed by atoms with Crippen LogP contribution in [-0.4, -0.2) is 4.57 Å². The van der Waals surface area contributed by atoms with Crippen molar-refractivity contribution in [1.29, 1.82) is 0 Å². The Morgan fingerprint density at radius 2 is 0.839 bits per heavy atom. The first-order valence-corrected chi connectivity index (χ1v) is 19.3. The van der Waals surface area contributed by atoms with Gasteiger partial charge in [-0.2, -0.15) is 0 Å². The molecule has 56 heavy (non-hydrogen) atoms. The minimum absolute atomic E-state index is 1.10. The quantitative estimate of drug-likeness (QED) is 0.156. The highest BCUT2D eigenvalue weighted by atomic mass is 15.1. The second-order valence-corrected chi connectivity index (χ2v) is 14.5. The Morgan fingerprint density at radius 3 is 1.59 bits per heavy atom. The molecule has 0 unspecified atom stereocenters. The number of hydrogen-bond donors (Lipinski definition) is 0. The largest absolute Gasteiger partial charge is 0.310 e. The Morgan fingerprint density at radius 1 is 0.304 bits per heavy atom. The molecule has 0 fully saturated rings. The smallest absolute Gasteiger partial charge is 0.0561 e. The molecule has 0 saturated heterocycles. The van der Waals surface area contributed by atoms with Crippen molar-refractivity contribution in [2.75, 3.05) is 4.90 Å². The first-order valence-electron chi connectivity index (χ1n) is 19.3. The third kappa shape index (κ3) is 5.26. The molecule has 0 atom stereocenters. The monoisotopic (exact) mass is 712 g/mol. The molecule has 1 aromatic heterocycles. The zero-order chi connectivity index (χ0) is 37.0. The molecule has 10 aromatic carbocycles. The Labute approximate surface area is 325 Å². The lowest BCUT2D eigenvalue weighted by Gasteiger charge is -2.26. The average molecular weight is 713 g/mol. The molecular formula is C54H36N2. The summed E-state index contributed by atoms with van der Waals surface area (Å²) in [7, 11) is 0. The fraction of sp³-hybridized carbons (Fsp3) is 0. The molecule has 0 radical (unpaired) electrons. The average Bonchev–Trinajstić information content (AvgIpc) is 3.61. The Bertz CT molecular complexity index is 3210. The van der Waals surface area contributed by atoms with E-state index in [4.69, 9.17) is 0 Å². The predicted molar refractivity (Wildman–Crippen MR) is 239 cm³/mol. The van der Waals surface area contributed by atoms with Crippen LogP contribution < -0.4 is 4.90 Å². The van der Waals surface area contributed by atoms with Crippen molar-refractivity contribution < 1.29 is 0 Å². The molecule has 0 bridgehead atoms. The number of aromatic nitrogens is 1. The maximum Gasteiger partial charge on any atom is 0.0561 e. The molecule has 2 nitrogen and oxygen atoms in total. The minimum Gasteiger partial charge on any atom is -0.310 e. The van der Waals surface area contributed by atoms with Gasteiger partial charge in [-0.15, -0.1) is 0 Å². The number of rotatable bonds is 6. The van der Waals surface area contributed by atoms with Crippen LogP contribution in [-0.2, 0) is 0 Å². The van der Waals surface area contributed by atoms with Gasteiger partial charge in [-0.05, 0) is 115 Å². The van der Waals surface area contributed by atoms with E-state index in [2.05, 4.69) is 228 Å². The van der Waals surface area contributed by atoms with Crippen LogP contribution >= 0.6 is 0 Å². The zero-order valence-corrected chi connectivity index (χ0v) is 30.7. The Hall–Kier alpha value is -7.42. The molecule has 0 saturated carbocycles. The second kappa shape index (κ2) is 13.2. The number of benzene rings is 10. The fourth-order valence-corrected chi connectivity index (χ4v) is 8.74. The van der Waals surface area contributed by atoms with E-state index in [9.17, 15) is 0 Å². The lowest BCUT2D eigenvalue weighted by molar-refractivity contribution is 1.18. The van der Waals surface area contributed by atoms with Gasteiger partial charge in [0.2, 0.25) is 0 Å². The van der Waals surface area contributed by atoms with Gasteiger partial charge in [0.1, 0.15) is 0 Å². The van der Waals surface area contributed by atoms with Crippen LogP contribution in [0.5, 0.6) is 0 Å². The summed E-state index contributed by atoms with van der Waals surface area (Å²) in [5.74, 6) is 0. The van der Waals surface area contributed by atoms with Crippen molar-refractivity contribution in [3.63, 3.8) is 0 Å². The summed E-state index contributed by atoms with van der Waals surface area (Å²) in [5, 5.41) is 10.1. The molecule has 11 aromatic rings. The summed E-state index contributed by atoms with van der Waals surface area (Å²) in [6.45, 7) is 0. The zero-order valence-electron chi connectivity index (χ0n) is 30.7. The Kier molecular flexibility index (Phi) is 7.53. The normalized spacial score (nSPS) is 11.6. The lowest BCUT2D eigenvalue weighted by Crippen LogP contribution is -2.10. The van der Waals surface area contributed by atoms with Gasteiger partial charge in [-0.25, -0.2) is 0 Å². The van der Waals surface area contributed by atoms with Gasteiger partial charge in [-0.1, -0.05) is 158 Å². The van der Waals surface area contributed by atoms with Crippen LogP contribution in [0.15, 0.2) is 218 Å². The number of fused-ring (bicyclic) bond motifs is 8. The van der Waals surface area contributed by atoms with Crippen LogP contribution in [0, 0.1) is 0 Å². The van der Waals surface area contributed by atoms with Gasteiger partial charge in [0, 0.05) is 33.5 Å². The maximum absolute atomic E-state index is 2.39. The molecule has 0 aliphatic heterocycles. The highest BCUT2D eigenvalue weighted by Crippen LogP contribution is 2.42. The summed E-state index contributed by atoms with van der Waals surface area (Å²) < 4.78 is 2.39. The van der Waals surface area contributed by atoms with Gasteiger partial charge in [-0.3, -0.25) is 0 Å². The second-order valence-electron chi connectivity index (χ2n) is 14.5. The predicted octanol–water partition coefficient (Wildman–Crippen LogP) is 15.0. The van der Waals surface area contributed by atoms with E-state index in [0.717, 1.165) is 22.7 Å². The van der Waals surface area contributed by atoms with Gasteiger partial charge in [0.25, 0.3) is 0 Å². The Balaban J connectivity index is 1.08. The third-order valence-corrected chi connectivity index (χ3v) is 11.3. The molecule has 0 spiro atoms. The van der Waals surface area contributed by atoms with Gasteiger partial charge < -0.3 is 9.47 Å². The van der Waals surface area contributed by atoms with Crippen LogP contribution in [0.25, 0.3) is 82.1 Å². The van der Waals surface area contributed by atoms with E-state index in [1.807, 2.05) is 0 Å². The van der Waals surface area contributed by atoms with Gasteiger partial charge >= 0.3 is 0 Å². The summed E-state index contributed by atoms with van der Waals surface area (Å²) in [5.41, 5.74) is 11.6. The van der Waals surface area contributed by atoms with Gasteiger partial charge in [0.15, 0.2) is 0 Å². The molecule has 262 valence electrons. The first-order chi connectivity index (χ1) is 27.8. The number of anilines is 3. The lowest BCUT2D eigenvalue weighted by atomic mass is 9.91. The summed E-state index contributed by atoms with van der Waals surface area (Å²) in [6, 6.07) is 79.4. The number of hydrogen-bond acceptors (Lipinski definition) is 1. The molecule has 0 N–H and O–H groups in total. The van der Waals surface area contributed by atoms with Crippen LogP contribution in [0.3, 0.4) is 0 Å². The number of nitrogens with zero attached hydrogens (tertiary/aromatic N) is 2.